The molecule has 2 nitrogen and oxygen atoms in total. The second kappa shape index (κ2) is 5.23. The van der Waals surface area contributed by atoms with Gasteiger partial charge in [0.25, 0.3) is 0 Å². The summed E-state index contributed by atoms with van der Waals surface area (Å²) in [6.45, 7) is 2.11. The Kier molecular flexibility index (Phi) is 3.69. The Balaban J connectivity index is 2.22. The van der Waals surface area contributed by atoms with Crippen LogP contribution in [0.25, 0.3) is 0 Å². The predicted octanol–water partition coefficient (Wildman–Crippen LogP) is 4.51. The van der Waals surface area contributed by atoms with Gasteiger partial charge in [0.2, 0.25) is 0 Å². The average molecular weight is 293 g/mol. The van der Waals surface area contributed by atoms with E-state index in [1.165, 1.54) is 5.56 Å². The molecule has 0 bridgehead atoms. The zero-order valence-corrected chi connectivity index (χ0v) is 11.1. The molecule has 3 heteroatoms. The van der Waals surface area contributed by atoms with E-state index in [1.807, 2.05) is 18.2 Å². The molecule has 0 aliphatic rings. The van der Waals surface area contributed by atoms with Gasteiger partial charge in [0.15, 0.2) is 0 Å². The smallest absolute Gasteiger partial charge is 0.131 e. The van der Waals surface area contributed by atoms with Gasteiger partial charge in [0, 0.05) is 10.5 Å². The molecule has 0 unspecified atom stereocenters. The van der Waals surface area contributed by atoms with Crippen molar-refractivity contribution in [3.8, 4) is 17.2 Å². The summed E-state index contributed by atoms with van der Waals surface area (Å²) < 4.78 is 6.69. The van der Waals surface area contributed by atoms with Crippen LogP contribution in [0.1, 0.15) is 12.5 Å². The fraction of sp³-hybridized carbons (Fsp3) is 0.143. The standard InChI is InChI=1S/C14H13BrO2/c1-2-10-6-7-13(9-14(10)15)17-12-5-3-4-11(16)8-12/h3-9,16H,2H2,1H3. The van der Waals surface area contributed by atoms with Gasteiger partial charge in [0.05, 0.1) is 0 Å². The Morgan fingerprint density at radius 1 is 1.12 bits per heavy atom. The van der Waals surface area contributed by atoms with Gasteiger partial charge in [-0.3, -0.25) is 0 Å². The second-order valence-electron chi connectivity index (χ2n) is 3.71. The topological polar surface area (TPSA) is 29.5 Å². The molecule has 88 valence electrons. The first-order chi connectivity index (χ1) is 8.19. The van der Waals surface area contributed by atoms with Crippen LogP contribution in [0.3, 0.4) is 0 Å². The highest BCUT2D eigenvalue weighted by Gasteiger charge is 2.02. The van der Waals surface area contributed by atoms with Crippen molar-refractivity contribution in [3.05, 3.63) is 52.5 Å². The minimum Gasteiger partial charge on any atom is -0.508 e. The molecule has 1 N–H and O–H groups in total. The molecule has 0 saturated carbocycles. The van der Waals surface area contributed by atoms with E-state index in [2.05, 4.69) is 22.9 Å². The van der Waals surface area contributed by atoms with Crippen LogP contribution in [-0.2, 0) is 6.42 Å². The quantitative estimate of drug-likeness (QED) is 0.902. The van der Waals surface area contributed by atoms with Gasteiger partial charge in [-0.25, -0.2) is 0 Å². The van der Waals surface area contributed by atoms with Crippen molar-refractivity contribution in [2.24, 2.45) is 0 Å². The summed E-state index contributed by atoms with van der Waals surface area (Å²) >= 11 is 3.51. The monoisotopic (exact) mass is 292 g/mol. The number of phenols is 1. The van der Waals surface area contributed by atoms with Crippen molar-refractivity contribution in [1.29, 1.82) is 0 Å². The Labute approximate surface area is 109 Å². The molecule has 2 aromatic rings. The van der Waals surface area contributed by atoms with Crippen LogP contribution in [0.4, 0.5) is 0 Å². The maximum Gasteiger partial charge on any atom is 0.131 e. The Morgan fingerprint density at radius 3 is 2.53 bits per heavy atom. The molecule has 0 fully saturated rings. The van der Waals surface area contributed by atoms with E-state index in [0.29, 0.717) is 5.75 Å². The Bertz CT molecular complexity index is 523. The number of rotatable bonds is 3. The molecule has 0 amide bonds. The minimum absolute atomic E-state index is 0.201. The number of phenolic OH excluding ortho intramolecular Hbond substituents is 1. The molecule has 0 aliphatic carbocycles. The van der Waals surface area contributed by atoms with Gasteiger partial charge in [0.1, 0.15) is 17.2 Å². The molecule has 0 heterocycles. The molecule has 0 saturated heterocycles. The number of aromatic hydroxyl groups is 1. The highest BCUT2D eigenvalue weighted by Crippen LogP contribution is 2.28. The normalized spacial score (nSPS) is 10.2. The lowest BCUT2D eigenvalue weighted by Crippen LogP contribution is -1.87. The largest absolute Gasteiger partial charge is 0.508 e. The van der Waals surface area contributed by atoms with Gasteiger partial charge in [-0.05, 0) is 36.2 Å². The molecule has 2 aromatic carbocycles. The van der Waals surface area contributed by atoms with Gasteiger partial charge >= 0.3 is 0 Å². The van der Waals surface area contributed by atoms with E-state index >= 15 is 0 Å². The summed E-state index contributed by atoms with van der Waals surface area (Å²) in [5, 5.41) is 9.34. The van der Waals surface area contributed by atoms with E-state index < -0.39 is 0 Å². The molecule has 0 aromatic heterocycles. The van der Waals surface area contributed by atoms with Crippen LogP contribution >= 0.6 is 15.9 Å². The maximum absolute atomic E-state index is 9.34. The highest BCUT2D eigenvalue weighted by atomic mass is 79.9. The van der Waals surface area contributed by atoms with Crippen molar-refractivity contribution in [1.82, 2.24) is 0 Å². The van der Waals surface area contributed by atoms with E-state index in [0.717, 1.165) is 16.6 Å². The lowest BCUT2D eigenvalue weighted by atomic mass is 10.2. The molecule has 0 radical (unpaired) electrons. The van der Waals surface area contributed by atoms with Crippen molar-refractivity contribution < 1.29 is 9.84 Å². The lowest BCUT2D eigenvalue weighted by molar-refractivity contribution is 0.455. The number of ether oxygens (including phenoxy) is 1. The van der Waals surface area contributed by atoms with Crippen LogP contribution in [0.15, 0.2) is 46.9 Å². The van der Waals surface area contributed by atoms with Crippen LogP contribution in [0.5, 0.6) is 17.2 Å². The number of hydrogen-bond acceptors (Lipinski definition) is 2. The first kappa shape index (κ1) is 12.0. The fourth-order valence-corrected chi connectivity index (χ4v) is 2.20. The van der Waals surface area contributed by atoms with E-state index in [-0.39, 0.29) is 5.75 Å². The zero-order chi connectivity index (χ0) is 12.3. The molecule has 0 spiro atoms. The molecule has 17 heavy (non-hydrogen) atoms. The first-order valence-electron chi connectivity index (χ1n) is 5.44. The third-order valence-electron chi connectivity index (χ3n) is 2.46. The number of benzene rings is 2. The average Bonchev–Trinajstić information content (AvgIpc) is 2.29. The summed E-state index contributed by atoms with van der Waals surface area (Å²) in [6, 6.07) is 12.6. The summed E-state index contributed by atoms with van der Waals surface area (Å²) in [6.07, 6.45) is 0.979. The third kappa shape index (κ3) is 3.01. The summed E-state index contributed by atoms with van der Waals surface area (Å²) in [5.74, 6) is 1.58. The fourth-order valence-electron chi connectivity index (χ4n) is 1.56. The van der Waals surface area contributed by atoms with Crippen molar-refractivity contribution in [2.45, 2.75) is 13.3 Å². The van der Waals surface area contributed by atoms with Gasteiger partial charge in [-0.15, -0.1) is 0 Å². The lowest BCUT2D eigenvalue weighted by Gasteiger charge is -2.08. The number of aryl methyl sites for hydroxylation is 1. The zero-order valence-electron chi connectivity index (χ0n) is 9.48. The van der Waals surface area contributed by atoms with Crippen LogP contribution in [-0.4, -0.2) is 5.11 Å². The van der Waals surface area contributed by atoms with Crippen molar-refractivity contribution >= 4 is 15.9 Å². The van der Waals surface area contributed by atoms with Crippen molar-refractivity contribution in [3.63, 3.8) is 0 Å². The second-order valence-corrected chi connectivity index (χ2v) is 4.56. The SMILES string of the molecule is CCc1ccc(Oc2cccc(O)c2)cc1Br. The molecule has 2 rings (SSSR count). The van der Waals surface area contributed by atoms with Crippen LogP contribution < -0.4 is 4.74 Å². The summed E-state index contributed by atoms with van der Waals surface area (Å²) in [5.41, 5.74) is 1.24. The van der Waals surface area contributed by atoms with Gasteiger partial charge in [-0.2, -0.15) is 0 Å². The Morgan fingerprint density at radius 2 is 1.88 bits per heavy atom. The predicted molar refractivity (Wildman–Crippen MR) is 71.7 cm³/mol. The van der Waals surface area contributed by atoms with E-state index in [4.69, 9.17) is 4.74 Å². The Hall–Kier alpha value is -1.48. The summed E-state index contributed by atoms with van der Waals surface area (Å²) in [7, 11) is 0. The molecular formula is C14H13BrO2. The third-order valence-corrected chi connectivity index (χ3v) is 3.20. The van der Waals surface area contributed by atoms with Crippen LogP contribution in [0.2, 0.25) is 0 Å². The minimum atomic E-state index is 0.201. The van der Waals surface area contributed by atoms with Gasteiger partial charge in [-0.1, -0.05) is 35.0 Å². The maximum atomic E-state index is 9.34. The van der Waals surface area contributed by atoms with Crippen LogP contribution in [0, 0.1) is 0 Å². The van der Waals surface area contributed by atoms with E-state index in [1.54, 1.807) is 24.3 Å². The summed E-state index contributed by atoms with van der Waals surface area (Å²) in [4.78, 5) is 0. The highest BCUT2D eigenvalue weighted by molar-refractivity contribution is 9.10. The first-order valence-corrected chi connectivity index (χ1v) is 6.23. The molecule has 0 aliphatic heterocycles. The van der Waals surface area contributed by atoms with Gasteiger partial charge < -0.3 is 9.84 Å². The van der Waals surface area contributed by atoms with E-state index in [9.17, 15) is 5.11 Å². The number of halogens is 1. The van der Waals surface area contributed by atoms with Crippen molar-refractivity contribution in [2.75, 3.05) is 0 Å². The molecule has 0 atom stereocenters. The number of hydrogen-bond donors (Lipinski definition) is 1. The molecular weight excluding hydrogens is 280 g/mol.